The van der Waals surface area contributed by atoms with Gasteiger partial charge >= 0.3 is 0 Å². The fraction of sp³-hybridized carbons (Fsp3) is 0.207. The normalized spacial score (nSPS) is 13.2. The molecule has 5 rings (SSSR count). The molecule has 1 saturated carbocycles. The molecule has 0 spiro atoms. The number of thiazole rings is 1. The average molecular weight is 522 g/mol. The highest BCUT2D eigenvalue weighted by Gasteiger charge is 2.30. The second-order valence-electron chi connectivity index (χ2n) is 8.98. The van der Waals surface area contributed by atoms with Gasteiger partial charge in [0.15, 0.2) is 5.13 Å². The Balaban J connectivity index is 1.34. The van der Waals surface area contributed by atoms with Crippen LogP contribution in [0.4, 0.5) is 10.8 Å². The predicted molar refractivity (Wildman–Crippen MR) is 145 cm³/mol. The molecule has 1 heterocycles. The molecule has 1 aliphatic rings. The third-order valence-electron chi connectivity index (χ3n) is 6.24. The summed E-state index contributed by atoms with van der Waals surface area (Å²) in [6, 6.07) is 21.8. The number of fused-ring (bicyclic) bond motifs is 1. The Morgan fingerprint density at radius 1 is 1.11 bits per heavy atom. The number of nitriles is 2. The van der Waals surface area contributed by atoms with E-state index < -0.39 is 0 Å². The first-order valence-corrected chi connectivity index (χ1v) is 13.0. The summed E-state index contributed by atoms with van der Waals surface area (Å²) < 4.78 is 6.66. The van der Waals surface area contributed by atoms with Gasteiger partial charge in [0.25, 0.3) is 5.91 Å². The SMILES string of the molecule is CCC(C#N)c1cccc(C(=O)Nc2cccc(Oc3ccc4nc(NC(=O)C5CC5)sc4c3C#N)c2)c1. The van der Waals surface area contributed by atoms with Crippen LogP contribution in [0.15, 0.2) is 60.7 Å². The summed E-state index contributed by atoms with van der Waals surface area (Å²) in [6.07, 6.45) is 2.45. The molecular formula is C29H23N5O3S. The van der Waals surface area contributed by atoms with Gasteiger partial charge in [0.05, 0.1) is 22.2 Å². The van der Waals surface area contributed by atoms with Crippen molar-refractivity contribution in [3.63, 3.8) is 0 Å². The van der Waals surface area contributed by atoms with Crippen LogP contribution in [0.2, 0.25) is 0 Å². The third kappa shape index (κ3) is 5.34. The number of amides is 2. The second kappa shape index (κ2) is 10.7. The number of carbonyl (C=O) groups excluding carboxylic acids is 2. The standard InChI is InChI=1S/C29H23N5O3S/c1-2-17(15-30)19-5-3-6-20(13-19)28(36)32-21-7-4-8-22(14-21)37-25-12-11-24-26(23(25)16-31)38-29(33-24)34-27(35)18-9-10-18/h3-8,11-14,17-18H,2,9-10H2,1H3,(H,32,36)(H,33,34,35). The van der Waals surface area contributed by atoms with E-state index in [1.54, 1.807) is 54.6 Å². The van der Waals surface area contributed by atoms with Crippen LogP contribution < -0.4 is 15.4 Å². The van der Waals surface area contributed by atoms with Crippen LogP contribution in [0.1, 0.15) is 53.6 Å². The van der Waals surface area contributed by atoms with Crippen molar-refractivity contribution in [2.24, 2.45) is 5.92 Å². The van der Waals surface area contributed by atoms with Crippen molar-refractivity contribution in [1.29, 1.82) is 10.5 Å². The Labute approximate surface area is 223 Å². The van der Waals surface area contributed by atoms with Crippen LogP contribution in [0.3, 0.4) is 0 Å². The highest BCUT2D eigenvalue weighted by Crippen LogP contribution is 2.37. The molecular weight excluding hydrogens is 498 g/mol. The molecule has 1 fully saturated rings. The molecule has 0 bridgehead atoms. The number of aromatic nitrogens is 1. The maximum Gasteiger partial charge on any atom is 0.255 e. The maximum atomic E-state index is 12.9. The zero-order valence-corrected chi connectivity index (χ0v) is 21.3. The number of anilines is 2. The molecule has 3 aromatic carbocycles. The number of nitrogens with one attached hydrogen (secondary N) is 2. The van der Waals surface area contributed by atoms with Gasteiger partial charge < -0.3 is 15.4 Å². The summed E-state index contributed by atoms with van der Waals surface area (Å²) in [6.45, 7) is 1.93. The topological polar surface area (TPSA) is 128 Å². The molecule has 4 aromatic rings. The largest absolute Gasteiger partial charge is 0.456 e. The fourth-order valence-electron chi connectivity index (χ4n) is 4.04. The highest BCUT2D eigenvalue weighted by molar-refractivity contribution is 7.22. The van der Waals surface area contributed by atoms with Gasteiger partial charge in [-0.05, 0) is 61.2 Å². The van der Waals surface area contributed by atoms with Crippen LogP contribution in [-0.2, 0) is 4.79 Å². The quantitative estimate of drug-likeness (QED) is 0.270. The summed E-state index contributed by atoms with van der Waals surface area (Å²) in [5, 5.41) is 25.4. The first kappa shape index (κ1) is 24.9. The van der Waals surface area contributed by atoms with Crippen molar-refractivity contribution in [2.45, 2.75) is 32.1 Å². The average Bonchev–Trinajstić information content (AvgIpc) is 3.70. The Morgan fingerprint density at radius 2 is 1.92 bits per heavy atom. The number of benzene rings is 3. The van der Waals surface area contributed by atoms with Gasteiger partial charge in [-0.25, -0.2) is 4.98 Å². The Bertz CT molecular complexity index is 1630. The minimum Gasteiger partial charge on any atom is -0.456 e. The molecule has 38 heavy (non-hydrogen) atoms. The van der Waals surface area contributed by atoms with Crippen molar-refractivity contribution < 1.29 is 14.3 Å². The number of nitrogens with zero attached hydrogens (tertiary/aromatic N) is 3. The number of rotatable bonds is 8. The summed E-state index contributed by atoms with van der Waals surface area (Å²) in [4.78, 5) is 29.4. The van der Waals surface area contributed by atoms with Crippen molar-refractivity contribution in [1.82, 2.24) is 4.98 Å². The minimum absolute atomic E-state index is 0.0418. The lowest BCUT2D eigenvalue weighted by atomic mass is 9.96. The van der Waals surface area contributed by atoms with Crippen LogP contribution in [0.5, 0.6) is 11.5 Å². The van der Waals surface area contributed by atoms with Gasteiger partial charge in [-0.1, -0.05) is 36.5 Å². The third-order valence-corrected chi connectivity index (χ3v) is 7.25. The molecule has 2 amide bonds. The summed E-state index contributed by atoms with van der Waals surface area (Å²) in [7, 11) is 0. The summed E-state index contributed by atoms with van der Waals surface area (Å²) >= 11 is 1.24. The van der Waals surface area contributed by atoms with Crippen LogP contribution in [-0.4, -0.2) is 16.8 Å². The monoisotopic (exact) mass is 521 g/mol. The first-order valence-electron chi connectivity index (χ1n) is 12.2. The van der Waals surface area contributed by atoms with E-state index in [0.29, 0.717) is 50.1 Å². The lowest BCUT2D eigenvalue weighted by molar-refractivity contribution is -0.117. The smallest absolute Gasteiger partial charge is 0.255 e. The lowest BCUT2D eigenvalue weighted by Gasteiger charge is -2.11. The van der Waals surface area contributed by atoms with Crippen molar-refractivity contribution in [3.8, 4) is 23.6 Å². The molecule has 1 aromatic heterocycles. The van der Waals surface area contributed by atoms with Crippen LogP contribution in [0.25, 0.3) is 10.2 Å². The Kier molecular flexibility index (Phi) is 7.03. The van der Waals surface area contributed by atoms with E-state index in [-0.39, 0.29) is 23.7 Å². The number of carbonyl (C=O) groups is 2. The molecule has 9 heteroatoms. The van der Waals surface area contributed by atoms with E-state index in [1.807, 2.05) is 13.0 Å². The molecule has 188 valence electrons. The molecule has 8 nitrogen and oxygen atoms in total. The molecule has 2 N–H and O–H groups in total. The Hall–Kier alpha value is -4.73. The van der Waals surface area contributed by atoms with Gasteiger partial charge in [0.2, 0.25) is 5.91 Å². The second-order valence-corrected chi connectivity index (χ2v) is 9.98. The van der Waals surface area contributed by atoms with Crippen molar-refractivity contribution >= 4 is 44.2 Å². The Morgan fingerprint density at radius 3 is 2.66 bits per heavy atom. The van der Waals surface area contributed by atoms with Crippen LogP contribution in [0, 0.1) is 28.6 Å². The van der Waals surface area contributed by atoms with Crippen molar-refractivity contribution in [2.75, 3.05) is 10.6 Å². The zero-order valence-electron chi connectivity index (χ0n) is 20.5. The molecule has 0 aliphatic heterocycles. The minimum atomic E-state index is -0.304. The number of hydrogen-bond donors (Lipinski definition) is 2. The molecule has 0 saturated heterocycles. The lowest BCUT2D eigenvalue weighted by Crippen LogP contribution is -2.12. The van der Waals surface area contributed by atoms with E-state index in [4.69, 9.17) is 4.74 Å². The van der Waals surface area contributed by atoms with Crippen molar-refractivity contribution in [3.05, 3.63) is 77.4 Å². The number of hydrogen-bond acceptors (Lipinski definition) is 7. The molecule has 1 atom stereocenters. The van der Waals surface area contributed by atoms with Gasteiger partial charge in [-0.15, -0.1) is 0 Å². The van der Waals surface area contributed by atoms with E-state index in [2.05, 4.69) is 27.8 Å². The first-order chi connectivity index (χ1) is 18.5. The van der Waals surface area contributed by atoms with E-state index >= 15 is 0 Å². The zero-order chi connectivity index (χ0) is 26.6. The van der Waals surface area contributed by atoms with E-state index in [9.17, 15) is 20.1 Å². The van der Waals surface area contributed by atoms with Gasteiger partial charge in [0, 0.05) is 23.2 Å². The predicted octanol–water partition coefficient (Wildman–Crippen LogP) is 6.58. The van der Waals surface area contributed by atoms with Gasteiger partial charge in [0.1, 0.15) is 23.1 Å². The highest BCUT2D eigenvalue weighted by atomic mass is 32.1. The van der Waals surface area contributed by atoms with Gasteiger partial charge in [-0.2, -0.15) is 10.5 Å². The molecule has 1 aliphatic carbocycles. The van der Waals surface area contributed by atoms with Gasteiger partial charge in [-0.3, -0.25) is 9.59 Å². The van der Waals surface area contributed by atoms with E-state index in [0.717, 1.165) is 18.4 Å². The molecule has 1 unspecified atom stereocenters. The fourth-order valence-corrected chi connectivity index (χ4v) is 4.99. The number of ether oxygens (including phenoxy) is 1. The summed E-state index contributed by atoms with van der Waals surface area (Å²) in [5.41, 5.74) is 2.70. The van der Waals surface area contributed by atoms with Crippen LogP contribution >= 0.6 is 11.3 Å². The summed E-state index contributed by atoms with van der Waals surface area (Å²) in [5.74, 6) is 0.229. The van der Waals surface area contributed by atoms with E-state index in [1.165, 1.54) is 11.3 Å². The maximum absolute atomic E-state index is 12.9. The molecule has 0 radical (unpaired) electrons.